The second-order valence-electron chi connectivity index (χ2n) is 5.74. The summed E-state index contributed by atoms with van der Waals surface area (Å²) in [5.41, 5.74) is 0.234. The second-order valence-corrected chi connectivity index (χ2v) is 5.74. The zero-order chi connectivity index (χ0) is 12.2. The number of hydrogen-bond acceptors (Lipinski definition) is 3. The molecule has 3 nitrogen and oxygen atoms in total. The Morgan fingerprint density at radius 2 is 2.12 bits per heavy atom. The SMILES string of the molecule is CCOCCN1CC(C)(C)NCC1C(C)C. The molecule has 1 fully saturated rings. The van der Waals surface area contributed by atoms with Gasteiger partial charge in [0.2, 0.25) is 0 Å². The third kappa shape index (κ3) is 4.04. The molecule has 0 bridgehead atoms. The normalized spacial score (nSPS) is 26.2. The smallest absolute Gasteiger partial charge is 0.0593 e. The van der Waals surface area contributed by atoms with Gasteiger partial charge in [0.1, 0.15) is 0 Å². The van der Waals surface area contributed by atoms with Crippen LogP contribution in [0.15, 0.2) is 0 Å². The molecule has 16 heavy (non-hydrogen) atoms. The summed E-state index contributed by atoms with van der Waals surface area (Å²) in [6.07, 6.45) is 0. The molecule has 1 N–H and O–H groups in total. The van der Waals surface area contributed by atoms with Gasteiger partial charge in [0.25, 0.3) is 0 Å². The topological polar surface area (TPSA) is 24.5 Å². The molecule has 1 saturated heterocycles. The van der Waals surface area contributed by atoms with Crippen LogP contribution >= 0.6 is 0 Å². The Hall–Kier alpha value is -0.120. The van der Waals surface area contributed by atoms with Crippen LogP contribution in [0.2, 0.25) is 0 Å². The van der Waals surface area contributed by atoms with Crippen LogP contribution in [0.3, 0.4) is 0 Å². The Morgan fingerprint density at radius 3 is 2.69 bits per heavy atom. The lowest BCUT2D eigenvalue weighted by Gasteiger charge is -2.46. The van der Waals surface area contributed by atoms with Crippen LogP contribution in [-0.4, -0.2) is 49.3 Å². The van der Waals surface area contributed by atoms with Crippen LogP contribution < -0.4 is 5.32 Å². The monoisotopic (exact) mass is 228 g/mol. The lowest BCUT2D eigenvalue weighted by atomic mass is 9.93. The predicted octanol–water partition coefficient (Wildman–Crippen LogP) is 1.73. The number of hydrogen-bond donors (Lipinski definition) is 1. The fourth-order valence-electron chi connectivity index (χ4n) is 2.42. The van der Waals surface area contributed by atoms with E-state index in [0.717, 1.165) is 32.8 Å². The quantitative estimate of drug-likeness (QED) is 0.725. The van der Waals surface area contributed by atoms with Crippen molar-refractivity contribution in [3.63, 3.8) is 0 Å². The molecule has 0 radical (unpaired) electrons. The minimum absolute atomic E-state index is 0.234. The third-order valence-electron chi connectivity index (χ3n) is 3.35. The van der Waals surface area contributed by atoms with Crippen molar-refractivity contribution in [1.82, 2.24) is 10.2 Å². The molecule has 0 spiro atoms. The van der Waals surface area contributed by atoms with E-state index >= 15 is 0 Å². The molecule has 96 valence electrons. The van der Waals surface area contributed by atoms with Gasteiger partial charge in [-0.2, -0.15) is 0 Å². The molecule has 0 aromatic heterocycles. The minimum atomic E-state index is 0.234. The zero-order valence-corrected chi connectivity index (χ0v) is 11.5. The van der Waals surface area contributed by atoms with Gasteiger partial charge in [0.05, 0.1) is 6.61 Å². The highest BCUT2D eigenvalue weighted by molar-refractivity contribution is 4.93. The van der Waals surface area contributed by atoms with Crippen molar-refractivity contribution in [1.29, 1.82) is 0 Å². The largest absolute Gasteiger partial charge is 0.380 e. The highest BCUT2D eigenvalue weighted by Gasteiger charge is 2.33. The molecule has 1 aliphatic heterocycles. The first-order valence-electron chi connectivity index (χ1n) is 6.53. The van der Waals surface area contributed by atoms with Crippen molar-refractivity contribution < 1.29 is 4.74 Å². The predicted molar refractivity (Wildman–Crippen MR) is 68.8 cm³/mol. The van der Waals surface area contributed by atoms with E-state index in [1.54, 1.807) is 0 Å². The Labute approximate surface area is 101 Å². The Bertz CT molecular complexity index is 204. The van der Waals surface area contributed by atoms with Crippen LogP contribution in [0.4, 0.5) is 0 Å². The van der Waals surface area contributed by atoms with E-state index in [4.69, 9.17) is 4.74 Å². The molecular formula is C13H28N2O. The molecule has 1 unspecified atom stereocenters. The van der Waals surface area contributed by atoms with Crippen LogP contribution in [0, 0.1) is 5.92 Å². The molecule has 0 amide bonds. The molecule has 0 saturated carbocycles. The van der Waals surface area contributed by atoms with Crippen LogP contribution in [-0.2, 0) is 4.74 Å². The highest BCUT2D eigenvalue weighted by atomic mass is 16.5. The summed E-state index contributed by atoms with van der Waals surface area (Å²) in [6.45, 7) is 16.2. The summed E-state index contributed by atoms with van der Waals surface area (Å²) in [5, 5.41) is 3.63. The maximum atomic E-state index is 5.47. The highest BCUT2D eigenvalue weighted by Crippen LogP contribution is 2.19. The maximum Gasteiger partial charge on any atom is 0.0593 e. The number of piperazine rings is 1. The van der Waals surface area contributed by atoms with Crippen molar-refractivity contribution in [3.05, 3.63) is 0 Å². The van der Waals surface area contributed by atoms with Gasteiger partial charge in [-0.25, -0.2) is 0 Å². The summed E-state index contributed by atoms with van der Waals surface area (Å²) >= 11 is 0. The fraction of sp³-hybridized carbons (Fsp3) is 1.00. The lowest BCUT2D eigenvalue weighted by Crippen LogP contribution is -2.63. The summed E-state index contributed by atoms with van der Waals surface area (Å²) in [5.74, 6) is 0.699. The van der Waals surface area contributed by atoms with Gasteiger partial charge < -0.3 is 10.1 Å². The van der Waals surface area contributed by atoms with E-state index in [1.807, 2.05) is 0 Å². The van der Waals surface area contributed by atoms with E-state index in [2.05, 4.69) is 44.8 Å². The van der Waals surface area contributed by atoms with Crippen molar-refractivity contribution in [2.75, 3.05) is 32.8 Å². The van der Waals surface area contributed by atoms with Crippen molar-refractivity contribution in [3.8, 4) is 0 Å². The fourth-order valence-corrected chi connectivity index (χ4v) is 2.42. The van der Waals surface area contributed by atoms with Crippen molar-refractivity contribution in [2.24, 2.45) is 5.92 Å². The molecule has 0 aromatic carbocycles. The number of ether oxygens (including phenoxy) is 1. The number of rotatable bonds is 5. The Morgan fingerprint density at radius 1 is 1.44 bits per heavy atom. The number of nitrogens with zero attached hydrogens (tertiary/aromatic N) is 1. The van der Waals surface area contributed by atoms with Crippen molar-refractivity contribution >= 4 is 0 Å². The van der Waals surface area contributed by atoms with Gasteiger partial charge in [-0.1, -0.05) is 13.8 Å². The van der Waals surface area contributed by atoms with E-state index in [1.165, 1.54) is 0 Å². The van der Waals surface area contributed by atoms with Crippen LogP contribution in [0.1, 0.15) is 34.6 Å². The molecule has 0 aromatic rings. The standard InChI is InChI=1S/C13H28N2O/c1-6-16-8-7-15-10-13(4,5)14-9-12(15)11(2)3/h11-12,14H,6-10H2,1-5H3. The molecular weight excluding hydrogens is 200 g/mol. The van der Waals surface area contributed by atoms with Crippen LogP contribution in [0.5, 0.6) is 0 Å². The van der Waals surface area contributed by atoms with E-state index in [-0.39, 0.29) is 5.54 Å². The molecule has 1 aliphatic rings. The van der Waals surface area contributed by atoms with Gasteiger partial charge in [-0.3, -0.25) is 4.90 Å². The first-order valence-corrected chi connectivity index (χ1v) is 6.53. The summed E-state index contributed by atoms with van der Waals surface area (Å²) < 4.78 is 5.47. The second kappa shape index (κ2) is 5.99. The Kier molecular flexibility index (Phi) is 5.22. The third-order valence-corrected chi connectivity index (χ3v) is 3.35. The molecule has 3 heteroatoms. The summed E-state index contributed by atoms with van der Waals surface area (Å²) in [4.78, 5) is 2.58. The van der Waals surface area contributed by atoms with E-state index in [9.17, 15) is 0 Å². The number of nitrogens with one attached hydrogen (secondary N) is 1. The van der Waals surface area contributed by atoms with Gasteiger partial charge in [0, 0.05) is 37.8 Å². The first-order chi connectivity index (χ1) is 7.46. The van der Waals surface area contributed by atoms with Gasteiger partial charge >= 0.3 is 0 Å². The average molecular weight is 228 g/mol. The van der Waals surface area contributed by atoms with Crippen molar-refractivity contribution in [2.45, 2.75) is 46.2 Å². The minimum Gasteiger partial charge on any atom is -0.380 e. The van der Waals surface area contributed by atoms with E-state index < -0.39 is 0 Å². The molecule has 1 atom stereocenters. The zero-order valence-electron chi connectivity index (χ0n) is 11.5. The van der Waals surface area contributed by atoms with Crippen LogP contribution in [0.25, 0.3) is 0 Å². The summed E-state index contributed by atoms with van der Waals surface area (Å²) in [7, 11) is 0. The maximum absolute atomic E-state index is 5.47. The molecule has 1 heterocycles. The molecule has 1 rings (SSSR count). The molecule has 0 aliphatic carbocycles. The lowest BCUT2D eigenvalue weighted by molar-refractivity contribution is 0.0365. The van der Waals surface area contributed by atoms with Gasteiger partial charge in [-0.15, -0.1) is 0 Å². The Balaban J connectivity index is 2.50. The average Bonchev–Trinajstić information content (AvgIpc) is 2.16. The summed E-state index contributed by atoms with van der Waals surface area (Å²) in [6, 6.07) is 0.647. The van der Waals surface area contributed by atoms with Gasteiger partial charge in [-0.05, 0) is 26.7 Å². The van der Waals surface area contributed by atoms with Gasteiger partial charge in [0.15, 0.2) is 0 Å². The first kappa shape index (κ1) is 13.9. The van der Waals surface area contributed by atoms with E-state index in [0.29, 0.717) is 12.0 Å².